The summed E-state index contributed by atoms with van der Waals surface area (Å²) in [5.41, 5.74) is 3.45. The van der Waals surface area contributed by atoms with Gasteiger partial charge in [-0.05, 0) is 50.7 Å². The topological polar surface area (TPSA) is 83.7 Å². The second kappa shape index (κ2) is 7.86. The predicted molar refractivity (Wildman–Crippen MR) is 121 cm³/mol. The van der Waals surface area contributed by atoms with Crippen molar-refractivity contribution >= 4 is 16.8 Å². The van der Waals surface area contributed by atoms with Gasteiger partial charge in [0, 0.05) is 48.5 Å². The van der Waals surface area contributed by atoms with Gasteiger partial charge in [0.15, 0.2) is 0 Å². The molecular formula is C24H29N5O3. The number of carbonyl (C=O) groups is 1. The smallest absolute Gasteiger partial charge is 0.274 e. The average molecular weight is 436 g/mol. The van der Waals surface area contributed by atoms with Crippen molar-refractivity contribution in [2.24, 2.45) is 7.05 Å². The molecule has 32 heavy (non-hydrogen) atoms. The zero-order valence-corrected chi connectivity index (χ0v) is 18.8. The summed E-state index contributed by atoms with van der Waals surface area (Å²) in [7, 11) is 5.83. The summed E-state index contributed by atoms with van der Waals surface area (Å²) >= 11 is 0. The molecule has 0 radical (unpaired) electrons. The quantitative estimate of drug-likeness (QED) is 0.679. The number of aryl methyl sites for hydroxylation is 1. The number of hydrogen-bond acceptors (Lipinski definition) is 6. The highest BCUT2D eigenvalue weighted by atomic mass is 16.5. The van der Waals surface area contributed by atoms with Gasteiger partial charge in [-0.25, -0.2) is 4.98 Å². The Balaban J connectivity index is 1.73. The van der Waals surface area contributed by atoms with E-state index in [-0.39, 0.29) is 17.9 Å². The molecule has 0 unspecified atom stereocenters. The molecule has 0 aliphatic carbocycles. The molecule has 0 bridgehead atoms. The van der Waals surface area contributed by atoms with Gasteiger partial charge in [-0.2, -0.15) is 0 Å². The molecule has 0 saturated carbocycles. The molecule has 4 heterocycles. The highest BCUT2D eigenvalue weighted by Crippen LogP contribution is 2.50. The third kappa shape index (κ3) is 3.09. The van der Waals surface area contributed by atoms with Crippen LogP contribution in [-0.2, 0) is 12.5 Å². The van der Waals surface area contributed by atoms with E-state index in [9.17, 15) is 9.90 Å². The lowest BCUT2D eigenvalue weighted by molar-refractivity contribution is 0.0348. The lowest BCUT2D eigenvalue weighted by Crippen LogP contribution is -2.55. The number of amides is 1. The number of aromatic nitrogens is 3. The molecule has 2 aliphatic rings. The van der Waals surface area contributed by atoms with Crippen LogP contribution in [0.5, 0.6) is 5.75 Å². The molecule has 1 saturated heterocycles. The Morgan fingerprint density at radius 1 is 1.25 bits per heavy atom. The summed E-state index contributed by atoms with van der Waals surface area (Å²) in [4.78, 5) is 26.0. The summed E-state index contributed by atoms with van der Waals surface area (Å²) in [6.45, 7) is 2.32. The van der Waals surface area contributed by atoms with Crippen molar-refractivity contribution in [3.63, 3.8) is 0 Å². The summed E-state index contributed by atoms with van der Waals surface area (Å²) in [6, 6.07) is 5.71. The summed E-state index contributed by atoms with van der Waals surface area (Å²) in [5, 5.41) is 11.7. The van der Waals surface area contributed by atoms with Gasteiger partial charge >= 0.3 is 0 Å². The number of carbonyl (C=O) groups excluding carboxylic acids is 1. The third-order valence-corrected chi connectivity index (χ3v) is 7.31. The number of rotatable bonds is 3. The third-order valence-electron chi connectivity index (χ3n) is 7.31. The molecule has 3 aromatic rings. The Morgan fingerprint density at radius 3 is 2.69 bits per heavy atom. The number of nitrogens with zero attached hydrogens (tertiary/aromatic N) is 5. The van der Waals surface area contributed by atoms with Crippen LogP contribution in [0.25, 0.3) is 10.9 Å². The molecule has 1 N–H and O–H groups in total. The van der Waals surface area contributed by atoms with Crippen molar-refractivity contribution in [2.75, 3.05) is 40.4 Å². The van der Waals surface area contributed by atoms with Gasteiger partial charge in [-0.3, -0.25) is 9.78 Å². The van der Waals surface area contributed by atoms with Crippen LogP contribution in [0.3, 0.4) is 0 Å². The number of hydrogen-bond donors (Lipinski definition) is 1. The first-order chi connectivity index (χ1) is 15.5. The molecular weight excluding hydrogens is 406 g/mol. The number of piperidine rings is 1. The van der Waals surface area contributed by atoms with E-state index in [0.29, 0.717) is 12.2 Å². The fourth-order valence-corrected chi connectivity index (χ4v) is 5.58. The fourth-order valence-electron chi connectivity index (χ4n) is 5.58. The van der Waals surface area contributed by atoms with E-state index in [1.807, 2.05) is 24.1 Å². The first kappa shape index (κ1) is 20.9. The van der Waals surface area contributed by atoms with Crippen molar-refractivity contribution in [3.05, 3.63) is 53.7 Å². The summed E-state index contributed by atoms with van der Waals surface area (Å²) < 4.78 is 7.61. The molecule has 2 aromatic heterocycles. The minimum absolute atomic E-state index is 0.156. The van der Waals surface area contributed by atoms with E-state index in [2.05, 4.69) is 32.5 Å². The molecule has 2 aliphatic heterocycles. The first-order valence-corrected chi connectivity index (χ1v) is 11.0. The Labute approximate surface area is 187 Å². The molecule has 1 fully saturated rings. The van der Waals surface area contributed by atoms with Crippen LogP contribution < -0.4 is 4.74 Å². The van der Waals surface area contributed by atoms with Crippen molar-refractivity contribution in [3.8, 4) is 5.75 Å². The van der Waals surface area contributed by atoms with Crippen LogP contribution in [0, 0.1) is 0 Å². The SMILES string of the molecule is COc1ccc2c3c(n(C)c2c1)[C@H](CO)N(C(=O)c1cnccn1)CC31CCN(C)CC1. The number of benzene rings is 1. The standard InChI is InChI=1S/C24H29N5O3/c1-27-10-6-24(7-11-27)15-29(23(31)18-13-25-8-9-26-18)20(14-30)22-21(24)17-5-4-16(32-3)12-19(17)28(22)2/h4-5,8-9,12-13,20,30H,6-7,10-11,14-15H2,1-3H3/t20-/m0/s1. The summed E-state index contributed by atoms with van der Waals surface area (Å²) in [6.07, 6.45) is 6.49. The van der Waals surface area contributed by atoms with Crippen LogP contribution in [0.15, 0.2) is 36.8 Å². The fraction of sp³-hybridized carbons (Fsp3) is 0.458. The normalized spacial score (nSPS) is 20.5. The van der Waals surface area contributed by atoms with Gasteiger partial charge < -0.3 is 24.2 Å². The Bertz CT molecular complexity index is 1150. The molecule has 1 atom stereocenters. The van der Waals surface area contributed by atoms with Gasteiger partial charge in [-0.1, -0.05) is 0 Å². The monoisotopic (exact) mass is 435 g/mol. The molecule has 168 valence electrons. The van der Waals surface area contributed by atoms with Crippen LogP contribution in [0.1, 0.15) is 40.6 Å². The lowest BCUT2D eigenvalue weighted by atomic mass is 9.68. The largest absolute Gasteiger partial charge is 0.497 e. The molecule has 8 nitrogen and oxygen atoms in total. The summed E-state index contributed by atoms with van der Waals surface area (Å²) in [5.74, 6) is 0.602. The van der Waals surface area contributed by atoms with Gasteiger partial charge in [0.1, 0.15) is 11.4 Å². The average Bonchev–Trinajstić information content (AvgIpc) is 3.13. The molecule has 1 amide bonds. The number of methoxy groups -OCH3 is 1. The molecule has 5 rings (SSSR count). The maximum atomic E-state index is 13.6. The maximum Gasteiger partial charge on any atom is 0.274 e. The van der Waals surface area contributed by atoms with Crippen LogP contribution in [0.2, 0.25) is 0 Å². The van der Waals surface area contributed by atoms with Crippen LogP contribution in [0.4, 0.5) is 0 Å². The van der Waals surface area contributed by atoms with Crippen LogP contribution >= 0.6 is 0 Å². The number of aliphatic hydroxyl groups is 1. The predicted octanol–water partition coefficient (Wildman–Crippen LogP) is 2.13. The van der Waals surface area contributed by atoms with Crippen LogP contribution in [-0.4, -0.2) is 75.7 Å². The van der Waals surface area contributed by atoms with E-state index in [0.717, 1.165) is 42.9 Å². The van der Waals surface area contributed by atoms with Gasteiger partial charge in [0.05, 0.1) is 31.5 Å². The van der Waals surface area contributed by atoms with Crippen molar-refractivity contribution in [1.82, 2.24) is 24.3 Å². The Morgan fingerprint density at radius 2 is 2.03 bits per heavy atom. The van der Waals surface area contributed by atoms with E-state index < -0.39 is 6.04 Å². The number of likely N-dealkylation sites (tertiary alicyclic amines) is 1. The maximum absolute atomic E-state index is 13.6. The minimum atomic E-state index is -0.451. The van der Waals surface area contributed by atoms with Gasteiger partial charge in [-0.15, -0.1) is 0 Å². The first-order valence-electron chi connectivity index (χ1n) is 11.0. The number of ether oxygens (including phenoxy) is 1. The Hall–Kier alpha value is -2.97. The van der Waals surface area contributed by atoms with E-state index in [4.69, 9.17) is 4.74 Å². The second-order valence-electron chi connectivity index (χ2n) is 9.01. The minimum Gasteiger partial charge on any atom is -0.497 e. The zero-order chi connectivity index (χ0) is 22.5. The highest BCUT2D eigenvalue weighted by Gasteiger charge is 2.49. The van der Waals surface area contributed by atoms with Crippen molar-refractivity contribution < 1.29 is 14.6 Å². The van der Waals surface area contributed by atoms with E-state index in [1.165, 1.54) is 23.3 Å². The number of fused-ring (bicyclic) bond motifs is 4. The Kier molecular flexibility index (Phi) is 5.14. The van der Waals surface area contributed by atoms with Crippen molar-refractivity contribution in [1.29, 1.82) is 0 Å². The van der Waals surface area contributed by atoms with Crippen molar-refractivity contribution in [2.45, 2.75) is 24.3 Å². The van der Waals surface area contributed by atoms with E-state index >= 15 is 0 Å². The van der Waals surface area contributed by atoms with Gasteiger partial charge in [0.2, 0.25) is 0 Å². The zero-order valence-electron chi connectivity index (χ0n) is 18.8. The van der Waals surface area contributed by atoms with Gasteiger partial charge in [0.25, 0.3) is 5.91 Å². The molecule has 1 spiro atoms. The molecule has 1 aromatic carbocycles. The van der Waals surface area contributed by atoms with E-state index in [1.54, 1.807) is 13.3 Å². The molecule has 8 heteroatoms. The second-order valence-corrected chi connectivity index (χ2v) is 9.01. The highest BCUT2D eigenvalue weighted by molar-refractivity contribution is 5.94. The number of aliphatic hydroxyl groups excluding tert-OH is 1. The lowest BCUT2D eigenvalue weighted by Gasteiger charge is -2.50.